The summed E-state index contributed by atoms with van der Waals surface area (Å²) < 4.78 is 49.5. The van der Waals surface area contributed by atoms with E-state index in [0.717, 1.165) is 0 Å². The maximum Gasteiger partial charge on any atom is 0.451 e. The van der Waals surface area contributed by atoms with Gasteiger partial charge in [0.2, 0.25) is 0 Å². The fourth-order valence-electron chi connectivity index (χ4n) is 2.29. The molecule has 0 bridgehead atoms. The van der Waals surface area contributed by atoms with Crippen LogP contribution in [0.3, 0.4) is 0 Å². The number of aromatic amines is 1. The van der Waals surface area contributed by atoms with Crippen molar-refractivity contribution in [1.29, 1.82) is 5.26 Å². The number of nitrogens with one attached hydrogen (secondary N) is 1. The van der Waals surface area contributed by atoms with Crippen LogP contribution in [0.2, 0.25) is 0 Å². The molecule has 1 aliphatic rings. The second kappa shape index (κ2) is 4.44. The van der Waals surface area contributed by atoms with E-state index in [1.807, 2.05) is 6.07 Å². The van der Waals surface area contributed by atoms with Crippen LogP contribution >= 0.6 is 0 Å². The third kappa shape index (κ3) is 1.97. The van der Waals surface area contributed by atoms with Crippen molar-refractivity contribution in [3.05, 3.63) is 29.1 Å². The molecule has 1 aliphatic heterocycles. The predicted molar refractivity (Wildman–Crippen MR) is 65.2 cm³/mol. The molecule has 0 amide bonds. The second-order valence-corrected chi connectivity index (χ2v) is 4.69. The number of H-pyrrole nitrogens is 1. The van der Waals surface area contributed by atoms with E-state index >= 15 is 0 Å². The van der Waals surface area contributed by atoms with Crippen molar-refractivity contribution in [2.45, 2.75) is 18.9 Å². The number of aromatic nitrogens is 2. The zero-order chi connectivity index (χ0) is 15.3. The monoisotopic (exact) mass is 297 g/mol. The molecule has 0 unspecified atom stereocenters. The Balaban J connectivity index is 2.19. The molecule has 0 aliphatic carbocycles. The Morgan fingerprint density at radius 1 is 1.33 bits per heavy atom. The first-order valence-electron chi connectivity index (χ1n) is 6.13. The molecule has 0 spiro atoms. The van der Waals surface area contributed by atoms with Gasteiger partial charge in [0.05, 0.1) is 35.9 Å². The molecule has 1 saturated heterocycles. The number of halogens is 3. The normalized spacial score (nSPS) is 18.0. The Labute approximate surface area is 117 Å². The van der Waals surface area contributed by atoms with E-state index in [1.54, 1.807) is 13.0 Å². The molecule has 2 heterocycles. The molecule has 0 atom stereocenters. The lowest BCUT2D eigenvalue weighted by atomic mass is 10.1. The zero-order valence-corrected chi connectivity index (χ0v) is 10.9. The first kappa shape index (κ1) is 13.9. The maximum absolute atomic E-state index is 13.3. The van der Waals surface area contributed by atoms with Gasteiger partial charge in [0.15, 0.2) is 5.82 Å². The number of imidazole rings is 1. The van der Waals surface area contributed by atoms with Crippen LogP contribution < -0.4 is 0 Å². The summed E-state index contributed by atoms with van der Waals surface area (Å²) in [5.41, 5.74) is 1.66. The number of hydrogen-bond acceptors (Lipinski definition) is 4. The third-order valence-corrected chi connectivity index (χ3v) is 3.33. The fourth-order valence-corrected chi connectivity index (χ4v) is 2.29. The lowest BCUT2D eigenvalue weighted by Crippen LogP contribution is -2.44. The average Bonchev–Trinajstić information content (AvgIpc) is 3.03. The number of aryl methyl sites for hydroxylation is 1. The average molecular weight is 297 g/mol. The number of nitriles is 1. The van der Waals surface area contributed by atoms with Gasteiger partial charge in [0.25, 0.3) is 0 Å². The van der Waals surface area contributed by atoms with Gasteiger partial charge in [-0.3, -0.25) is 0 Å². The van der Waals surface area contributed by atoms with Crippen molar-refractivity contribution in [1.82, 2.24) is 9.97 Å². The van der Waals surface area contributed by atoms with E-state index in [4.69, 9.17) is 14.7 Å². The molecule has 1 aromatic heterocycles. The summed E-state index contributed by atoms with van der Waals surface area (Å²) in [4.78, 5) is 6.49. The minimum absolute atomic E-state index is 0.168. The highest BCUT2D eigenvalue weighted by molar-refractivity contribution is 5.78. The summed E-state index contributed by atoms with van der Waals surface area (Å²) in [6, 6.07) is 4.97. The van der Waals surface area contributed by atoms with Gasteiger partial charge in [-0.25, -0.2) is 4.98 Å². The first-order valence-corrected chi connectivity index (χ1v) is 6.13. The fraction of sp³-hybridized carbons (Fsp3) is 0.385. The lowest BCUT2D eigenvalue weighted by Gasteiger charge is -2.27. The van der Waals surface area contributed by atoms with Crippen molar-refractivity contribution >= 4 is 11.0 Å². The van der Waals surface area contributed by atoms with E-state index in [-0.39, 0.29) is 18.7 Å². The molecule has 1 aromatic carbocycles. The molecule has 1 N–H and O–H groups in total. The van der Waals surface area contributed by atoms with E-state index in [2.05, 4.69) is 9.97 Å². The van der Waals surface area contributed by atoms with Gasteiger partial charge in [0, 0.05) is 0 Å². The van der Waals surface area contributed by atoms with Gasteiger partial charge < -0.3 is 14.5 Å². The number of nitrogens with zero attached hydrogens (tertiary/aromatic N) is 2. The van der Waals surface area contributed by atoms with Gasteiger partial charge >= 0.3 is 12.0 Å². The molecular weight excluding hydrogens is 287 g/mol. The first-order chi connectivity index (χ1) is 9.87. The zero-order valence-electron chi connectivity index (χ0n) is 10.9. The van der Waals surface area contributed by atoms with Crippen LogP contribution in [0.5, 0.6) is 0 Å². The number of ether oxygens (including phenoxy) is 2. The van der Waals surface area contributed by atoms with E-state index in [9.17, 15) is 13.2 Å². The van der Waals surface area contributed by atoms with Crippen molar-refractivity contribution in [2.75, 3.05) is 13.2 Å². The van der Waals surface area contributed by atoms with Crippen molar-refractivity contribution < 1.29 is 22.6 Å². The number of alkyl halides is 3. The van der Waals surface area contributed by atoms with Gasteiger partial charge in [0.1, 0.15) is 0 Å². The van der Waals surface area contributed by atoms with Gasteiger partial charge in [-0.1, -0.05) is 0 Å². The van der Waals surface area contributed by atoms with Gasteiger partial charge in [-0.2, -0.15) is 18.4 Å². The highest BCUT2D eigenvalue weighted by Crippen LogP contribution is 2.45. The second-order valence-electron chi connectivity index (χ2n) is 4.69. The minimum Gasteiger partial charge on any atom is -0.337 e. The van der Waals surface area contributed by atoms with Crippen LogP contribution in [0.25, 0.3) is 11.0 Å². The maximum atomic E-state index is 13.3. The molecule has 0 saturated carbocycles. The Morgan fingerprint density at radius 3 is 2.57 bits per heavy atom. The number of rotatable bonds is 1. The van der Waals surface area contributed by atoms with Crippen molar-refractivity contribution in [2.24, 2.45) is 0 Å². The Morgan fingerprint density at radius 2 is 2.00 bits per heavy atom. The molecule has 21 heavy (non-hydrogen) atoms. The summed E-state index contributed by atoms with van der Waals surface area (Å²) in [5, 5.41) is 8.96. The van der Waals surface area contributed by atoms with Crippen LogP contribution in [0.15, 0.2) is 12.1 Å². The van der Waals surface area contributed by atoms with Crippen LogP contribution in [0, 0.1) is 18.3 Å². The van der Waals surface area contributed by atoms with E-state index in [1.165, 1.54) is 6.07 Å². The van der Waals surface area contributed by atoms with Crippen LogP contribution in [0.1, 0.15) is 17.0 Å². The highest BCUT2D eigenvalue weighted by atomic mass is 19.4. The molecule has 1 fully saturated rings. The predicted octanol–water partition coefficient (Wildman–Crippen LogP) is 2.50. The summed E-state index contributed by atoms with van der Waals surface area (Å²) in [6.07, 6.45) is -4.76. The van der Waals surface area contributed by atoms with Gasteiger partial charge in [-0.15, -0.1) is 0 Å². The number of fused-ring (bicyclic) bond motifs is 1. The third-order valence-electron chi connectivity index (χ3n) is 3.33. The Hall–Kier alpha value is -2.11. The lowest BCUT2D eigenvalue weighted by molar-refractivity contribution is -0.355. The Bertz CT molecular complexity index is 739. The van der Waals surface area contributed by atoms with E-state index < -0.39 is 17.8 Å². The van der Waals surface area contributed by atoms with Crippen LogP contribution in [-0.2, 0) is 15.3 Å². The summed E-state index contributed by atoms with van der Waals surface area (Å²) in [6.45, 7) is 1.36. The van der Waals surface area contributed by atoms with E-state index in [0.29, 0.717) is 16.6 Å². The van der Waals surface area contributed by atoms with Crippen LogP contribution in [-0.4, -0.2) is 29.4 Å². The minimum atomic E-state index is -4.76. The topological polar surface area (TPSA) is 70.9 Å². The summed E-state index contributed by atoms with van der Waals surface area (Å²) in [7, 11) is 0. The highest BCUT2D eigenvalue weighted by Gasteiger charge is 2.63. The standard InChI is InChI=1S/C13H10F3N3O2/c1-7-4-9-10(5-8(7)6-17)19-11(18-9)12(13(14,15)16)20-2-3-21-12/h4-5H,2-3H2,1H3,(H,18,19). The van der Waals surface area contributed by atoms with Crippen LogP contribution in [0.4, 0.5) is 13.2 Å². The molecule has 0 radical (unpaired) electrons. The molecular formula is C13H10F3N3O2. The van der Waals surface area contributed by atoms with Crippen molar-refractivity contribution in [3.63, 3.8) is 0 Å². The molecule has 5 nitrogen and oxygen atoms in total. The molecule has 8 heteroatoms. The number of hydrogen-bond donors (Lipinski definition) is 1. The number of benzene rings is 1. The SMILES string of the molecule is Cc1cc2[nH]c(C3(C(F)(F)F)OCCO3)nc2cc1C#N. The molecule has 110 valence electrons. The quantitative estimate of drug-likeness (QED) is 0.878. The smallest absolute Gasteiger partial charge is 0.337 e. The molecule has 3 rings (SSSR count). The van der Waals surface area contributed by atoms with Crippen molar-refractivity contribution in [3.8, 4) is 6.07 Å². The molecule has 2 aromatic rings. The van der Waals surface area contributed by atoms with Gasteiger partial charge in [-0.05, 0) is 24.6 Å². The summed E-state index contributed by atoms with van der Waals surface area (Å²) in [5.74, 6) is -3.33. The Kier molecular flexibility index (Phi) is 2.93. The largest absolute Gasteiger partial charge is 0.451 e. The summed E-state index contributed by atoms with van der Waals surface area (Å²) >= 11 is 0.